The maximum absolute atomic E-state index is 12.2. The summed E-state index contributed by atoms with van der Waals surface area (Å²) in [6, 6.07) is 19.4. The Balaban J connectivity index is 1.62. The van der Waals surface area contributed by atoms with Gasteiger partial charge in [0, 0.05) is 25.5 Å². The molecule has 160 valence electrons. The topological polar surface area (TPSA) is 93.7 Å². The van der Waals surface area contributed by atoms with Gasteiger partial charge < -0.3 is 14.8 Å². The summed E-state index contributed by atoms with van der Waals surface area (Å²) in [5.74, 6) is -1.73. The fourth-order valence-electron chi connectivity index (χ4n) is 2.95. The van der Waals surface area contributed by atoms with E-state index in [1.807, 2.05) is 60.7 Å². The zero-order chi connectivity index (χ0) is 22.1. The second-order valence-corrected chi connectivity index (χ2v) is 6.96. The highest BCUT2D eigenvalue weighted by atomic mass is 16.6. The minimum absolute atomic E-state index is 0.198. The van der Waals surface area contributed by atoms with Gasteiger partial charge in [-0.15, -0.1) is 0 Å². The number of benzene rings is 2. The Labute approximate surface area is 180 Å². The van der Waals surface area contributed by atoms with E-state index in [0.717, 1.165) is 23.7 Å². The number of Topliss-reactive ketones (excluding diaryl/α,β-unsaturated/α-hetero) is 1. The summed E-state index contributed by atoms with van der Waals surface area (Å²) in [4.78, 5) is 35.4. The largest absolute Gasteiger partial charge is 0.449 e. The van der Waals surface area contributed by atoms with Gasteiger partial charge in [0.1, 0.15) is 0 Å². The maximum Gasteiger partial charge on any atom is 0.411 e. The van der Waals surface area contributed by atoms with E-state index in [4.69, 9.17) is 9.47 Å². The van der Waals surface area contributed by atoms with Crippen molar-refractivity contribution in [1.29, 1.82) is 0 Å². The van der Waals surface area contributed by atoms with Crippen LogP contribution in [0.2, 0.25) is 0 Å². The van der Waals surface area contributed by atoms with Crippen molar-refractivity contribution in [2.45, 2.75) is 26.0 Å². The smallest absolute Gasteiger partial charge is 0.411 e. The molecule has 31 heavy (non-hydrogen) atoms. The minimum Gasteiger partial charge on any atom is -0.449 e. The SMILES string of the molecule is CC(=O)C(=O)OC1NC(Cc2ccccc2)=CC=C1NC(=O)OCCc1ccccc1. The van der Waals surface area contributed by atoms with Crippen LogP contribution in [-0.4, -0.2) is 30.7 Å². The third-order valence-corrected chi connectivity index (χ3v) is 4.53. The van der Waals surface area contributed by atoms with Gasteiger partial charge in [0.25, 0.3) is 0 Å². The monoisotopic (exact) mass is 420 g/mol. The van der Waals surface area contributed by atoms with E-state index < -0.39 is 24.1 Å². The van der Waals surface area contributed by atoms with Crippen LogP contribution in [0.5, 0.6) is 0 Å². The Morgan fingerprint density at radius 2 is 1.58 bits per heavy atom. The molecule has 0 saturated carbocycles. The number of allylic oxidation sites excluding steroid dienone is 3. The molecule has 1 aliphatic heterocycles. The fourth-order valence-corrected chi connectivity index (χ4v) is 2.95. The van der Waals surface area contributed by atoms with Gasteiger partial charge in [-0.3, -0.25) is 10.1 Å². The lowest BCUT2D eigenvalue weighted by molar-refractivity contribution is -0.156. The molecule has 3 rings (SSSR count). The maximum atomic E-state index is 12.2. The molecule has 0 bridgehead atoms. The van der Waals surface area contributed by atoms with Gasteiger partial charge in [-0.25, -0.2) is 9.59 Å². The van der Waals surface area contributed by atoms with Gasteiger partial charge in [0.15, 0.2) is 0 Å². The first-order chi connectivity index (χ1) is 15.0. The average Bonchev–Trinajstić information content (AvgIpc) is 2.77. The Morgan fingerprint density at radius 1 is 0.935 bits per heavy atom. The lowest BCUT2D eigenvalue weighted by Gasteiger charge is -2.27. The standard InChI is InChI=1S/C24H24N2O5/c1-17(27)23(28)31-22-21(13-12-20(25-22)16-19-10-6-3-7-11-19)26-24(29)30-15-14-18-8-4-2-5-9-18/h2-13,22,25H,14-16H2,1H3,(H,26,29). The highest BCUT2D eigenvalue weighted by molar-refractivity contribution is 6.32. The third-order valence-electron chi connectivity index (χ3n) is 4.53. The summed E-state index contributed by atoms with van der Waals surface area (Å²) in [7, 11) is 0. The van der Waals surface area contributed by atoms with Gasteiger partial charge in [-0.2, -0.15) is 0 Å². The van der Waals surface area contributed by atoms with E-state index in [0.29, 0.717) is 12.8 Å². The molecule has 1 atom stereocenters. The Hall–Kier alpha value is -3.87. The first kappa shape index (κ1) is 21.8. The minimum atomic E-state index is -1.01. The number of carbonyl (C=O) groups is 3. The van der Waals surface area contributed by atoms with Crippen molar-refractivity contribution in [3.05, 3.63) is 95.3 Å². The van der Waals surface area contributed by atoms with Crippen molar-refractivity contribution < 1.29 is 23.9 Å². The molecule has 0 aliphatic carbocycles. The summed E-state index contributed by atoms with van der Waals surface area (Å²) in [6.45, 7) is 1.32. The number of ketones is 1. The Bertz CT molecular complexity index is 984. The van der Waals surface area contributed by atoms with Crippen LogP contribution < -0.4 is 10.6 Å². The molecule has 7 heteroatoms. The average molecular weight is 420 g/mol. The highest BCUT2D eigenvalue weighted by Gasteiger charge is 2.26. The van der Waals surface area contributed by atoms with Crippen LogP contribution in [-0.2, 0) is 31.9 Å². The van der Waals surface area contributed by atoms with Crippen molar-refractivity contribution in [3.63, 3.8) is 0 Å². The number of ether oxygens (including phenoxy) is 2. The second-order valence-electron chi connectivity index (χ2n) is 6.96. The van der Waals surface area contributed by atoms with E-state index in [1.54, 1.807) is 12.2 Å². The second kappa shape index (κ2) is 10.8. The van der Waals surface area contributed by atoms with Crippen molar-refractivity contribution in [2.75, 3.05) is 6.61 Å². The number of rotatable bonds is 8. The lowest BCUT2D eigenvalue weighted by Crippen LogP contribution is -2.44. The van der Waals surface area contributed by atoms with E-state index >= 15 is 0 Å². The Morgan fingerprint density at radius 3 is 2.23 bits per heavy atom. The number of hydrogen-bond acceptors (Lipinski definition) is 6. The molecule has 2 aromatic rings. The first-order valence-corrected chi connectivity index (χ1v) is 9.92. The number of hydrogen-bond donors (Lipinski definition) is 2. The van der Waals surface area contributed by atoms with E-state index in [1.165, 1.54) is 0 Å². The first-order valence-electron chi connectivity index (χ1n) is 9.92. The van der Waals surface area contributed by atoms with Crippen molar-refractivity contribution in [2.24, 2.45) is 0 Å². The molecule has 0 fully saturated rings. The van der Waals surface area contributed by atoms with Crippen LogP contribution in [0.1, 0.15) is 18.1 Å². The number of nitrogens with one attached hydrogen (secondary N) is 2. The predicted octanol–water partition coefficient (Wildman–Crippen LogP) is 3.03. The predicted molar refractivity (Wildman–Crippen MR) is 115 cm³/mol. The van der Waals surface area contributed by atoms with Crippen LogP contribution in [0, 0.1) is 0 Å². The highest BCUT2D eigenvalue weighted by Crippen LogP contribution is 2.15. The van der Waals surface area contributed by atoms with Crippen molar-refractivity contribution in [3.8, 4) is 0 Å². The molecular formula is C24H24N2O5. The van der Waals surface area contributed by atoms with Crippen LogP contribution in [0.4, 0.5) is 4.79 Å². The van der Waals surface area contributed by atoms with Crippen LogP contribution in [0.3, 0.4) is 0 Å². The summed E-state index contributed by atoms with van der Waals surface area (Å²) in [5, 5.41) is 5.64. The number of alkyl carbamates (subject to hydrolysis) is 1. The summed E-state index contributed by atoms with van der Waals surface area (Å²) >= 11 is 0. The van der Waals surface area contributed by atoms with Gasteiger partial charge in [0.05, 0.1) is 12.3 Å². The molecule has 2 N–H and O–H groups in total. The van der Waals surface area contributed by atoms with Crippen LogP contribution in [0.25, 0.3) is 0 Å². The number of carbonyl (C=O) groups excluding carboxylic acids is 3. The quantitative estimate of drug-likeness (QED) is 0.504. The molecule has 1 unspecified atom stereocenters. The lowest BCUT2D eigenvalue weighted by atomic mass is 10.1. The molecule has 1 heterocycles. The number of amides is 1. The van der Waals surface area contributed by atoms with Crippen LogP contribution in [0.15, 0.2) is 84.2 Å². The molecule has 0 aromatic heterocycles. The molecule has 0 saturated heterocycles. The third kappa shape index (κ3) is 6.85. The molecule has 1 amide bonds. The molecule has 7 nitrogen and oxygen atoms in total. The van der Waals surface area contributed by atoms with Crippen LogP contribution >= 0.6 is 0 Å². The number of esters is 1. The molecule has 0 spiro atoms. The zero-order valence-electron chi connectivity index (χ0n) is 17.2. The van der Waals surface area contributed by atoms with E-state index in [2.05, 4.69) is 10.6 Å². The van der Waals surface area contributed by atoms with E-state index in [-0.39, 0.29) is 12.3 Å². The summed E-state index contributed by atoms with van der Waals surface area (Å²) in [6.07, 6.45) is 2.88. The summed E-state index contributed by atoms with van der Waals surface area (Å²) < 4.78 is 10.5. The van der Waals surface area contributed by atoms with Gasteiger partial charge in [0.2, 0.25) is 12.0 Å². The zero-order valence-corrected chi connectivity index (χ0v) is 17.2. The molecule has 0 radical (unpaired) electrons. The molecule has 2 aromatic carbocycles. The van der Waals surface area contributed by atoms with Gasteiger partial charge in [-0.05, 0) is 23.3 Å². The molecular weight excluding hydrogens is 396 g/mol. The normalized spacial score (nSPS) is 15.1. The van der Waals surface area contributed by atoms with Crippen molar-refractivity contribution in [1.82, 2.24) is 10.6 Å². The van der Waals surface area contributed by atoms with Gasteiger partial charge in [-0.1, -0.05) is 60.7 Å². The summed E-state index contributed by atoms with van der Waals surface area (Å²) in [5.41, 5.74) is 3.16. The Kier molecular flexibility index (Phi) is 7.59. The van der Waals surface area contributed by atoms with Gasteiger partial charge >= 0.3 is 12.1 Å². The number of dihydropyridines is 1. The molecule has 1 aliphatic rings. The fraction of sp³-hybridized carbons (Fsp3) is 0.208. The van der Waals surface area contributed by atoms with Crippen molar-refractivity contribution >= 4 is 17.8 Å². The van der Waals surface area contributed by atoms with E-state index in [9.17, 15) is 14.4 Å².